The third-order valence-electron chi connectivity index (χ3n) is 3.63. The number of hydrogen-bond acceptors (Lipinski definition) is 2. The van der Waals surface area contributed by atoms with Crippen molar-refractivity contribution in [3.05, 3.63) is 80.4 Å². The van der Waals surface area contributed by atoms with E-state index in [4.69, 9.17) is 0 Å². The van der Waals surface area contributed by atoms with Gasteiger partial charge in [-0.25, -0.2) is 0 Å². The number of rotatable bonds is 3. The maximum absolute atomic E-state index is 11.5. The molecule has 0 aliphatic rings. The minimum atomic E-state index is -0.524. The molecule has 0 saturated heterocycles. The highest BCUT2D eigenvalue weighted by atomic mass is 16.2. The molecule has 0 fully saturated rings. The molecule has 1 aromatic heterocycles. The molecule has 0 aliphatic carbocycles. The molecule has 1 heterocycles. The van der Waals surface area contributed by atoms with E-state index in [0.29, 0.717) is 6.42 Å². The van der Waals surface area contributed by atoms with E-state index in [1.165, 1.54) is 27.1 Å². The number of aryl methyl sites for hydroxylation is 3. The molecular weight excluding hydrogens is 264 g/mol. The van der Waals surface area contributed by atoms with Crippen LogP contribution in [0.25, 0.3) is 10.8 Å². The van der Waals surface area contributed by atoms with Crippen LogP contribution in [-0.2, 0) is 19.9 Å². The molecule has 0 saturated carbocycles. The summed E-state index contributed by atoms with van der Waals surface area (Å²) >= 11 is 0. The molecule has 2 aromatic carbocycles. The molecule has 4 heteroatoms. The molecule has 3 aromatic rings. The van der Waals surface area contributed by atoms with E-state index in [1.807, 2.05) is 12.1 Å². The van der Waals surface area contributed by atoms with E-state index in [-0.39, 0.29) is 0 Å². The molecule has 0 aliphatic heterocycles. The molecule has 4 nitrogen and oxygen atoms in total. The summed E-state index contributed by atoms with van der Waals surface area (Å²) in [5.74, 6) is 0. The molecule has 3 rings (SSSR count). The van der Waals surface area contributed by atoms with Crippen molar-refractivity contribution < 1.29 is 0 Å². The van der Waals surface area contributed by atoms with E-state index in [2.05, 4.69) is 35.4 Å². The largest absolute Gasteiger partial charge is 0.312 e. The third kappa shape index (κ3) is 2.79. The fraction of sp³-hybridized carbons (Fsp3) is 0.176. The maximum Gasteiger partial charge on any atom is 0.312 e. The molecule has 1 N–H and O–H groups in total. The fourth-order valence-corrected chi connectivity index (χ4v) is 2.49. The molecule has 0 amide bonds. The highest BCUT2D eigenvalue weighted by Crippen LogP contribution is 2.16. The van der Waals surface area contributed by atoms with Crippen molar-refractivity contribution in [2.24, 2.45) is 7.05 Å². The van der Waals surface area contributed by atoms with Crippen molar-refractivity contribution in [2.45, 2.75) is 12.8 Å². The van der Waals surface area contributed by atoms with Crippen LogP contribution in [0, 0.1) is 0 Å². The van der Waals surface area contributed by atoms with Crippen molar-refractivity contribution in [3.8, 4) is 0 Å². The van der Waals surface area contributed by atoms with E-state index < -0.39 is 11.0 Å². The normalized spacial score (nSPS) is 10.9. The number of aromatic nitrogens is 2. The van der Waals surface area contributed by atoms with Gasteiger partial charge in [0.15, 0.2) is 0 Å². The van der Waals surface area contributed by atoms with E-state index in [0.717, 1.165) is 12.1 Å². The predicted octanol–water partition coefficient (Wildman–Crippen LogP) is 2.01. The lowest BCUT2D eigenvalue weighted by Gasteiger charge is -2.06. The van der Waals surface area contributed by atoms with Crippen molar-refractivity contribution >= 4 is 10.8 Å². The SMILES string of the molecule is Cn1[nH]c(CCc2ccc3ccccc3c2)cc(=O)c1=O. The summed E-state index contributed by atoms with van der Waals surface area (Å²) in [5.41, 5.74) is 0.993. The van der Waals surface area contributed by atoms with Crippen LogP contribution in [0.5, 0.6) is 0 Å². The number of nitrogens with zero attached hydrogens (tertiary/aromatic N) is 1. The zero-order valence-electron chi connectivity index (χ0n) is 11.8. The van der Waals surface area contributed by atoms with Crippen molar-refractivity contribution in [3.63, 3.8) is 0 Å². The quantitative estimate of drug-likeness (QED) is 0.746. The highest BCUT2D eigenvalue weighted by molar-refractivity contribution is 5.82. The first-order valence-corrected chi connectivity index (χ1v) is 6.90. The number of fused-ring (bicyclic) bond motifs is 1. The molecule has 0 bridgehead atoms. The molecule has 0 unspecified atom stereocenters. The van der Waals surface area contributed by atoms with Crippen molar-refractivity contribution in [1.82, 2.24) is 9.78 Å². The Bertz CT molecular complexity index is 906. The minimum absolute atomic E-state index is 0.468. The Kier molecular flexibility index (Phi) is 3.44. The summed E-state index contributed by atoms with van der Waals surface area (Å²) in [6, 6.07) is 16.0. The number of aromatic amines is 1. The zero-order valence-corrected chi connectivity index (χ0v) is 11.8. The van der Waals surface area contributed by atoms with Gasteiger partial charge in [0.2, 0.25) is 5.43 Å². The van der Waals surface area contributed by atoms with Crippen LogP contribution in [0.4, 0.5) is 0 Å². The average Bonchev–Trinajstić information content (AvgIpc) is 2.50. The lowest BCUT2D eigenvalue weighted by atomic mass is 10.0. The van der Waals surface area contributed by atoms with Crippen molar-refractivity contribution in [2.75, 3.05) is 0 Å². The fourth-order valence-electron chi connectivity index (χ4n) is 2.49. The first kappa shape index (κ1) is 13.4. The Morgan fingerprint density at radius 3 is 2.48 bits per heavy atom. The van der Waals surface area contributed by atoms with Crippen LogP contribution in [0.3, 0.4) is 0 Å². The van der Waals surface area contributed by atoms with Crippen LogP contribution >= 0.6 is 0 Å². The molecule has 106 valence electrons. The molecule has 21 heavy (non-hydrogen) atoms. The first-order valence-electron chi connectivity index (χ1n) is 6.90. The Morgan fingerprint density at radius 2 is 1.71 bits per heavy atom. The second-order valence-corrected chi connectivity index (χ2v) is 5.19. The van der Waals surface area contributed by atoms with Crippen LogP contribution in [-0.4, -0.2) is 9.78 Å². The second-order valence-electron chi connectivity index (χ2n) is 5.19. The van der Waals surface area contributed by atoms with Gasteiger partial charge in [0.05, 0.1) is 0 Å². The molecule has 0 spiro atoms. The van der Waals surface area contributed by atoms with Gasteiger partial charge in [0.25, 0.3) is 0 Å². The summed E-state index contributed by atoms with van der Waals surface area (Å²) in [6.07, 6.45) is 1.51. The lowest BCUT2D eigenvalue weighted by Crippen LogP contribution is -2.34. The standard InChI is InChI=1S/C17H16N2O2/c1-19-17(21)16(20)11-15(18-19)9-7-12-6-8-13-4-2-3-5-14(13)10-12/h2-6,8,10-11,18H,7,9H2,1H3. The Hall–Kier alpha value is -2.62. The predicted molar refractivity (Wildman–Crippen MR) is 83.7 cm³/mol. The summed E-state index contributed by atoms with van der Waals surface area (Å²) in [6.45, 7) is 0. The van der Waals surface area contributed by atoms with E-state index >= 15 is 0 Å². The van der Waals surface area contributed by atoms with Gasteiger partial charge in [-0.3, -0.25) is 19.4 Å². The van der Waals surface area contributed by atoms with E-state index in [1.54, 1.807) is 7.05 Å². The van der Waals surface area contributed by atoms with Gasteiger partial charge >= 0.3 is 5.56 Å². The summed E-state index contributed by atoms with van der Waals surface area (Å²) < 4.78 is 1.23. The Labute approximate surface area is 121 Å². The molecule has 0 radical (unpaired) electrons. The van der Waals surface area contributed by atoms with Crippen LogP contribution < -0.4 is 11.0 Å². The topological polar surface area (TPSA) is 54.9 Å². The Morgan fingerprint density at radius 1 is 0.952 bits per heavy atom. The van der Waals surface area contributed by atoms with Gasteiger partial charge in [0, 0.05) is 18.8 Å². The number of hydrogen-bond donors (Lipinski definition) is 1. The third-order valence-corrected chi connectivity index (χ3v) is 3.63. The van der Waals surface area contributed by atoms with Crippen LogP contribution in [0.2, 0.25) is 0 Å². The molecular formula is C17H16N2O2. The van der Waals surface area contributed by atoms with Crippen LogP contribution in [0.15, 0.2) is 58.1 Å². The average molecular weight is 280 g/mol. The second kappa shape index (κ2) is 5.40. The van der Waals surface area contributed by atoms with Gasteiger partial charge in [-0.15, -0.1) is 0 Å². The Balaban J connectivity index is 1.83. The number of benzene rings is 2. The zero-order chi connectivity index (χ0) is 14.8. The summed E-state index contributed by atoms with van der Waals surface area (Å²) in [7, 11) is 1.56. The van der Waals surface area contributed by atoms with Gasteiger partial charge < -0.3 is 0 Å². The van der Waals surface area contributed by atoms with Gasteiger partial charge in [-0.1, -0.05) is 42.5 Å². The smallest absolute Gasteiger partial charge is 0.300 e. The minimum Gasteiger partial charge on any atom is -0.300 e. The van der Waals surface area contributed by atoms with Gasteiger partial charge in [0.1, 0.15) is 0 Å². The van der Waals surface area contributed by atoms with Crippen molar-refractivity contribution in [1.29, 1.82) is 0 Å². The highest BCUT2D eigenvalue weighted by Gasteiger charge is 2.02. The lowest BCUT2D eigenvalue weighted by molar-refractivity contribution is 0.666. The van der Waals surface area contributed by atoms with E-state index in [9.17, 15) is 9.59 Å². The van der Waals surface area contributed by atoms with Gasteiger partial charge in [-0.2, -0.15) is 0 Å². The summed E-state index contributed by atoms with van der Waals surface area (Å²) in [5, 5.41) is 5.36. The number of H-pyrrole nitrogens is 1. The van der Waals surface area contributed by atoms with Gasteiger partial charge in [-0.05, 0) is 29.2 Å². The summed E-state index contributed by atoms with van der Waals surface area (Å²) in [4.78, 5) is 22.9. The number of nitrogens with one attached hydrogen (secondary N) is 1. The van der Waals surface area contributed by atoms with Crippen LogP contribution in [0.1, 0.15) is 11.3 Å². The first-order chi connectivity index (χ1) is 10.1. The maximum atomic E-state index is 11.5. The molecule has 0 atom stereocenters. The monoisotopic (exact) mass is 280 g/mol.